The molecule has 1 aliphatic rings. The number of amides is 2. The SMILES string of the molecule is CCCc1ccc(NC(=O)NCC(C)N2CCc3sccc3C2)cc1. The van der Waals surface area contributed by atoms with Crippen molar-refractivity contribution in [3.8, 4) is 0 Å². The largest absolute Gasteiger partial charge is 0.336 e. The average Bonchev–Trinajstić information content (AvgIpc) is 3.09. The zero-order valence-electron chi connectivity index (χ0n) is 15.0. The van der Waals surface area contributed by atoms with E-state index in [1.54, 1.807) is 0 Å². The van der Waals surface area contributed by atoms with E-state index in [-0.39, 0.29) is 6.03 Å². The topological polar surface area (TPSA) is 44.4 Å². The molecule has 1 unspecified atom stereocenters. The average molecular weight is 358 g/mol. The van der Waals surface area contributed by atoms with Gasteiger partial charge in [-0.3, -0.25) is 4.90 Å². The summed E-state index contributed by atoms with van der Waals surface area (Å²) >= 11 is 1.86. The van der Waals surface area contributed by atoms with E-state index in [1.807, 2.05) is 23.5 Å². The second kappa shape index (κ2) is 8.50. The van der Waals surface area contributed by atoms with Crippen LogP contribution in [-0.2, 0) is 19.4 Å². The fraction of sp³-hybridized carbons (Fsp3) is 0.450. The van der Waals surface area contributed by atoms with Crippen molar-refractivity contribution in [1.82, 2.24) is 10.2 Å². The van der Waals surface area contributed by atoms with E-state index in [0.717, 1.165) is 38.0 Å². The zero-order chi connectivity index (χ0) is 17.6. The summed E-state index contributed by atoms with van der Waals surface area (Å²) < 4.78 is 0. The molecule has 2 amide bonds. The number of hydrogen-bond donors (Lipinski definition) is 2. The summed E-state index contributed by atoms with van der Waals surface area (Å²) in [6.07, 6.45) is 3.33. The third-order valence-corrected chi connectivity index (χ3v) is 5.79. The third-order valence-electron chi connectivity index (χ3n) is 4.77. The number of aryl methyl sites for hydroxylation is 1. The summed E-state index contributed by atoms with van der Waals surface area (Å²) in [7, 11) is 0. The van der Waals surface area contributed by atoms with Crippen LogP contribution < -0.4 is 10.6 Å². The van der Waals surface area contributed by atoms with Gasteiger partial charge >= 0.3 is 6.03 Å². The predicted molar refractivity (Wildman–Crippen MR) is 105 cm³/mol. The van der Waals surface area contributed by atoms with Crippen LogP contribution in [0.1, 0.15) is 36.3 Å². The lowest BCUT2D eigenvalue weighted by molar-refractivity contribution is 0.188. The first kappa shape index (κ1) is 18.0. The molecule has 1 aromatic heterocycles. The Hall–Kier alpha value is -1.85. The first-order valence-electron chi connectivity index (χ1n) is 9.08. The summed E-state index contributed by atoms with van der Waals surface area (Å²) in [6.45, 7) is 7.05. The molecule has 2 heterocycles. The van der Waals surface area contributed by atoms with E-state index in [0.29, 0.717) is 12.6 Å². The van der Waals surface area contributed by atoms with Crippen LogP contribution in [0.25, 0.3) is 0 Å². The molecule has 25 heavy (non-hydrogen) atoms. The first-order valence-corrected chi connectivity index (χ1v) is 9.96. The number of carbonyl (C=O) groups is 1. The molecule has 134 valence electrons. The second-order valence-electron chi connectivity index (χ2n) is 6.72. The number of nitrogens with one attached hydrogen (secondary N) is 2. The molecule has 0 radical (unpaired) electrons. The van der Waals surface area contributed by atoms with Crippen molar-refractivity contribution in [3.05, 3.63) is 51.7 Å². The number of thiophene rings is 1. The monoisotopic (exact) mass is 357 g/mol. The number of carbonyl (C=O) groups excluding carboxylic acids is 1. The lowest BCUT2D eigenvalue weighted by Crippen LogP contribution is -2.45. The van der Waals surface area contributed by atoms with E-state index in [1.165, 1.54) is 16.0 Å². The van der Waals surface area contributed by atoms with Gasteiger partial charge in [0.25, 0.3) is 0 Å². The normalized spacial score (nSPS) is 15.4. The van der Waals surface area contributed by atoms with Crippen LogP contribution in [0.3, 0.4) is 0 Å². The molecular weight excluding hydrogens is 330 g/mol. The maximum Gasteiger partial charge on any atom is 0.319 e. The number of fused-ring (bicyclic) bond motifs is 1. The van der Waals surface area contributed by atoms with E-state index in [4.69, 9.17) is 0 Å². The molecule has 2 aromatic rings. The maximum absolute atomic E-state index is 12.1. The summed E-state index contributed by atoms with van der Waals surface area (Å²) in [6, 6.07) is 10.5. The third kappa shape index (κ3) is 4.83. The first-order chi connectivity index (χ1) is 12.2. The molecule has 0 saturated heterocycles. The van der Waals surface area contributed by atoms with Crippen molar-refractivity contribution < 1.29 is 4.79 Å². The molecule has 0 saturated carbocycles. The number of anilines is 1. The molecule has 1 aromatic carbocycles. The van der Waals surface area contributed by atoms with E-state index < -0.39 is 0 Å². The highest BCUT2D eigenvalue weighted by atomic mass is 32.1. The van der Waals surface area contributed by atoms with Gasteiger partial charge in [0, 0.05) is 36.2 Å². The summed E-state index contributed by atoms with van der Waals surface area (Å²) in [5.41, 5.74) is 3.59. The van der Waals surface area contributed by atoms with E-state index in [9.17, 15) is 4.79 Å². The van der Waals surface area contributed by atoms with Gasteiger partial charge in [0.05, 0.1) is 0 Å². The van der Waals surface area contributed by atoms with Gasteiger partial charge in [-0.2, -0.15) is 0 Å². The Kier molecular flexibility index (Phi) is 6.10. The van der Waals surface area contributed by atoms with Crippen molar-refractivity contribution >= 4 is 23.1 Å². The van der Waals surface area contributed by atoms with Crippen molar-refractivity contribution in [2.45, 2.75) is 45.7 Å². The molecule has 1 aliphatic heterocycles. The minimum atomic E-state index is -0.136. The molecule has 5 heteroatoms. The van der Waals surface area contributed by atoms with E-state index in [2.05, 4.69) is 53.0 Å². The van der Waals surface area contributed by atoms with Crippen LogP contribution in [-0.4, -0.2) is 30.1 Å². The molecule has 0 bridgehead atoms. The molecule has 3 rings (SSSR count). The van der Waals surface area contributed by atoms with Crippen molar-refractivity contribution in [2.75, 3.05) is 18.4 Å². The van der Waals surface area contributed by atoms with E-state index >= 15 is 0 Å². The molecule has 1 atom stereocenters. The quantitative estimate of drug-likeness (QED) is 0.811. The molecule has 4 nitrogen and oxygen atoms in total. The lowest BCUT2D eigenvalue weighted by Gasteiger charge is -2.32. The molecule has 0 aliphatic carbocycles. The van der Waals surface area contributed by atoms with Crippen molar-refractivity contribution in [2.24, 2.45) is 0 Å². The molecular formula is C20H27N3OS. The van der Waals surface area contributed by atoms with Crippen LogP contribution in [0.2, 0.25) is 0 Å². The Labute approximate surface area is 154 Å². The Morgan fingerprint density at radius 2 is 2.08 bits per heavy atom. The Morgan fingerprint density at radius 1 is 1.28 bits per heavy atom. The van der Waals surface area contributed by atoms with Crippen molar-refractivity contribution in [3.63, 3.8) is 0 Å². The number of hydrogen-bond acceptors (Lipinski definition) is 3. The number of benzene rings is 1. The van der Waals surface area contributed by atoms with Gasteiger partial charge in [0.2, 0.25) is 0 Å². The summed E-state index contributed by atoms with van der Waals surface area (Å²) in [5, 5.41) is 8.09. The highest BCUT2D eigenvalue weighted by Crippen LogP contribution is 2.24. The minimum Gasteiger partial charge on any atom is -0.336 e. The fourth-order valence-corrected chi connectivity index (χ4v) is 4.12. The summed E-state index contributed by atoms with van der Waals surface area (Å²) in [5.74, 6) is 0. The molecule has 0 fully saturated rings. The minimum absolute atomic E-state index is 0.136. The highest BCUT2D eigenvalue weighted by molar-refractivity contribution is 7.10. The van der Waals surface area contributed by atoms with Gasteiger partial charge in [0.1, 0.15) is 0 Å². The number of rotatable bonds is 6. The summed E-state index contributed by atoms with van der Waals surface area (Å²) in [4.78, 5) is 16.1. The zero-order valence-corrected chi connectivity index (χ0v) is 15.9. The van der Waals surface area contributed by atoms with Gasteiger partial charge in [-0.1, -0.05) is 25.5 Å². The Bertz CT molecular complexity index is 695. The van der Waals surface area contributed by atoms with Gasteiger partial charge < -0.3 is 10.6 Å². The molecule has 2 N–H and O–H groups in total. The Morgan fingerprint density at radius 3 is 2.84 bits per heavy atom. The molecule has 0 spiro atoms. The standard InChI is InChI=1S/C20H27N3OS/c1-3-4-16-5-7-18(8-6-16)22-20(24)21-13-15(2)23-11-9-19-17(14-23)10-12-25-19/h5-8,10,12,15H,3-4,9,11,13-14H2,1-2H3,(H2,21,22,24). The highest BCUT2D eigenvalue weighted by Gasteiger charge is 2.21. The van der Waals surface area contributed by atoms with Gasteiger partial charge in [-0.05, 0) is 54.5 Å². The van der Waals surface area contributed by atoms with Gasteiger partial charge in [-0.15, -0.1) is 11.3 Å². The van der Waals surface area contributed by atoms with Crippen LogP contribution in [0.15, 0.2) is 35.7 Å². The van der Waals surface area contributed by atoms with Crippen molar-refractivity contribution in [1.29, 1.82) is 0 Å². The van der Waals surface area contributed by atoms with Crippen LogP contribution in [0.5, 0.6) is 0 Å². The predicted octanol–water partition coefficient (Wildman–Crippen LogP) is 4.27. The second-order valence-corrected chi connectivity index (χ2v) is 7.72. The number of urea groups is 1. The fourth-order valence-electron chi connectivity index (χ4n) is 3.23. The van der Waals surface area contributed by atoms with Gasteiger partial charge in [-0.25, -0.2) is 4.79 Å². The van der Waals surface area contributed by atoms with Crippen LogP contribution in [0, 0.1) is 0 Å². The smallest absolute Gasteiger partial charge is 0.319 e. The number of nitrogens with zero attached hydrogens (tertiary/aromatic N) is 1. The van der Waals surface area contributed by atoms with Crippen LogP contribution in [0.4, 0.5) is 10.5 Å². The lowest BCUT2D eigenvalue weighted by atomic mass is 10.1. The van der Waals surface area contributed by atoms with Gasteiger partial charge in [0.15, 0.2) is 0 Å². The van der Waals surface area contributed by atoms with Crippen LogP contribution >= 0.6 is 11.3 Å². The Balaban J connectivity index is 1.44. The maximum atomic E-state index is 12.1.